The fourth-order valence-corrected chi connectivity index (χ4v) is 9.81. The maximum atomic E-state index is 14.5. The molecule has 1 unspecified atom stereocenters. The van der Waals surface area contributed by atoms with Crippen LogP contribution < -0.4 is 10.6 Å². The van der Waals surface area contributed by atoms with E-state index in [1.165, 1.54) is 7.11 Å². The Morgan fingerprint density at radius 3 is 2.19 bits per heavy atom. The van der Waals surface area contributed by atoms with E-state index in [9.17, 15) is 28.6 Å². The molecule has 3 rings (SSSR count). The molecule has 3 amide bonds. The number of ether oxygens (including phenoxy) is 3. The van der Waals surface area contributed by atoms with E-state index in [-0.39, 0.29) is 36.5 Å². The molecule has 16 nitrogen and oxygen atoms in total. The lowest BCUT2D eigenvalue weighted by Gasteiger charge is -2.40. The lowest BCUT2D eigenvalue weighted by Crippen LogP contribution is -2.55. The third kappa shape index (κ3) is 13.5. The minimum Gasteiger partial charge on any atom is -0.469 e. The molecule has 0 spiro atoms. The molecule has 2 aliphatic heterocycles. The van der Waals surface area contributed by atoms with Gasteiger partial charge in [0.05, 0.1) is 43.7 Å². The molecule has 3 N–H and O–H groups in total. The van der Waals surface area contributed by atoms with Crippen molar-refractivity contribution in [3.05, 3.63) is 35.9 Å². The molecule has 0 saturated carbocycles. The Hall–Kier alpha value is -3.56. The minimum absolute atomic E-state index is 0.00362. The first-order valence-electron chi connectivity index (χ1n) is 21.0. The number of nitrogens with one attached hydrogen (secondary N) is 2. The zero-order valence-electron chi connectivity index (χ0n) is 37.3. The summed E-state index contributed by atoms with van der Waals surface area (Å²) < 4.78 is 30.2. The number of carbonyl (C=O) groups excluding carboxylic acids is 4. The minimum atomic E-state index is -4.28. The molecule has 1 aromatic rings. The highest BCUT2D eigenvalue weighted by Crippen LogP contribution is 2.46. The van der Waals surface area contributed by atoms with Crippen LogP contribution >= 0.6 is 7.37 Å². The second-order valence-corrected chi connectivity index (χ2v) is 19.0. The number of amides is 3. The first-order valence-corrected chi connectivity index (χ1v) is 22.9. The average molecular weight is 850 g/mol. The molecule has 0 aliphatic carbocycles. The highest BCUT2D eigenvalue weighted by atomic mass is 31.2. The number of hydrogen-bond donors (Lipinski definition) is 3. The molecule has 2 heterocycles. The van der Waals surface area contributed by atoms with Crippen LogP contribution in [0.4, 0.5) is 0 Å². The van der Waals surface area contributed by atoms with Gasteiger partial charge in [0, 0.05) is 74.5 Å². The van der Waals surface area contributed by atoms with E-state index in [4.69, 9.17) is 14.5 Å². The van der Waals surface area contributed by atoms with Gasteiger partial charge in [-0.1, -0.05) is 71.4 Å². The van der Waals surface area contributed by atoms with Gasteiger partial charge in [-0.15, -0.1) is 0 Å². The van der Waals surface area contributed by atoms with Gasteiger partial charge in [-0.2, -0.15) is 0 Å². The summed E-state index contributed by atoms with van der Waals surface area (Å²) in [4.78, 5) is 78.6. The Morgan fingerprint density at radius 1 is 1.00 bits per heavy atom. The Labute approximate surface area is 352 Å². The smallest absolute Gasteiger partial charge is 0.315 e. The molecule has 0 radical (unpaired) electrons. The summed E-state index contributed by atoms with van der Waals surface area (Å²) in [6, 6.07) is 7.38. The van der Waals surface area contributed by atoms with Gasteiger partial charge in [0.15, 0.2) is 5.96 Å². The summed E-state index contributed by atoms with van der Waals surface area (Å²) in [7, 11) is 5.57. The van der Waals surface area contributed by atoms with Crippen LogP contribution in [0, 0.1) is 17.8 Å². The maximum Gasteiger partial charge on any atom is 0.315 e. The normalized spacial score (nSPS) is 20.8. The standard InChI is InChI=1S/C42H72N7O9P/c1-12-29(4)38(47(8)41(53)37(28(2)3)45-42(46(6)7)48-23-20-43-21-24-48)33(56-9)26-35(50)49-22-16-19-32(49)39(58-11)30(5)40(52)44-34(25-31-17-14-13-15-18-31)59(54,55)27-36(51)57-10/h13-15,17-18,28-30,32-34,37-39,43H,12,16,19-27H2,1-11H3,(H,44,52)(H,54,55)/t29-,30+,32-,33+,34+,37-,38-,39+/m0/s1. The summed E-state index contributed by atoms with van der Waals surface area (Å²) in [6.07, 6.45) is -0.128. The summed E-state index contributed by atoms with van der Waals surface area (Å²) in [5.41, 5.74) is 0.706. The highest BCUT2D eigenvalue weighted by molar-refractivity contribution is 7.59. The van der Waals surface area contributed by atoms with Gasteiger partial charge in [-0.25, -0.2) is 4.99 Å². The van der Waals surface area contributed by atoms with Gasteiger partial charge in [0.25, 0.3) is 0 Å². The quantitative estimate of drug-likeness (QED) is 0.0757. The van der Waals surface area contributed by atoms with Crippen molar-refractivity contribution in [2.45, 2.75) is 103 Å². The van der Waals surface area contributed by atoms with Crippen LogP contribution in [0.2, 0.25) is 0 Å². The Kier molecular flexibility index (Phi) is 19.8. The second-order valence-electron chi connectivity index (χ2n) is 16.5. The molecule has 59 heavy (non-hydrogen) atoms. The van der Waals surface area contributed by atoms with E-state index in [2.05, 4.69) is 34.1 Å². The number of guanidine groups is 1. The first kappa shape index (κ1) is 49.8. The van der Waals surface area contributed by atoms with E-state index < -0.39 is 67.4 Å². The molecule has 0 bridgehead atoms. The third-order valence-electron chi connectivity index (χ3n) is 11.8. The Bertz CT molecular complexity index is 1590. The van der Waals surface area contributed by atoms with Crippen LogP contribution in [0.5, 0.6) is 0 Å². The highest BCUT2D eigenvalue weighted by Gasteiger charge is 2.44. The van der Waals surface area contributed by atoms with Crippen molar-refractivity contribution in [2.75, 3.05) is 81.4 Å². The summed E-state index contributed by atoms with van der Waals surface area (Å²) in [5.74, 6) is -3.18. The second kappa shape index (κ2) is 23.4. The van der Waals surface area contributed by atoms with E-state index in [0.717, 1.165) is 45.7 Å². The average Bonchev–Trinajstić information content (AvgIpc) is 3.70. The molecule has 1 aromatic carbocycles. The SMILES string of the molecule is CC[C@H](C)[C@@H]([C@@H](CC(=O)N1CCC[C@H]1[C@H](OC)[C@@H](C)C(=O)N[C@@H](Cc1ccccc1)P(=O)(O)CC(=O)OC)OC)N(C)C(=O)[C@@H](N=C(N(C)C)N1CCNCC1)C(C)C. The fourth-order valence-electron chi connectivity index (χ4n) is 8.26. The van der Waals surface area contributed by atoms with E-state index in [0.29, 0.717) is 24.9 Å². The number of benzene rings is 1. The summed E-state index contributed by atoms with van der Waals surface area (Å²) in [6.45, 7) is 13.5. The van der Waals surface area contributed by atoms with Gasteiger partial charge in [-0.05, 0) is 30.2 Å². The fraction of sp³-hybridized carbons (Fsp3) is 0.738. The number of esters is 1. The lowest BCUT2D eigenvalue weighted by molar-refractivity contribution is -0.146. The maximum absolute atomic E-state index is 14.5. The van der Waals surface area contributed by atoms with Crippen molar-refractivity contribution < 1.29 is 42.8 Å². The largest absolute Gasteiger partial charge is 0.469 e. The molecule has 0 aromatic heterocycles. The lowest BCUT2D eigenvalue weighted by atomic mass is 9.89. The van der Waals surface area contributed by atoms with Crippen LogP contribution in [-0.2, 0) is 44.4 Å². The van der Waals surface area contributed by atoms with Crippen molar-refractivity contribution in [2.24, 2.45) is 22.7 Å². The zero-order chi connectivity index (χ0) is 44.0. The molecule has 2 aliphatic rings. The number of piperazine rings is 1. The van der Waals surface area contributed by atoms with Crippen LogP contribution in [-0.4, -0.2) is 172 Å². The zero-order valence-corrected chi connectivity index (χ0v) is 38.2. The van der Waals surface area contributed by atoms with Crippen molar-refractivity contribution in [3.63, 3.8) is 0 Å². The first-order chi connectivity index (χ1) is 27.9. The van der Waals surface area contributed by atoms with Crippen LogP contribution in [0.1, 0.15) is 65.9 Å². The van der Waals surface area contributed by atoms with Crippen molar-refractivity contribution in [1.29, 1.82) is 0 Å². The van der Waals surface area contributed by atoms with E-state index in [1.54, 1.807) is 55.1 Å². The molecular formula is C42H72N7O9P. The number of hydrogen-bond acceptors (Lipinski definition) is 10. The molecular weight excluding hydrogens is 777 g/mol. The number of likely N-dealkylation sites (tertiary alicyclic amines) is 1. The molecule has 9 atom stereocenters. The van der Waals surface area contributed by atoms with E-state index >= 15 is 0 Å². The van der Waals surface area contributed by atoms with E-state index in [1.807, 2.05) is 38.9 Å². The predicted octanol–water partition coefficient (Wildman–Crippen LogP) is 2.88. The predicted molar refractivity (Wildman–Crippen MR) is 229 cm³/mol. The third-order valence-corrected chi connectivity index (χ3v) is 13.8. The topological polar surface area (TPSA) is 183 Å². The number of likely N-dealkylation sites (N-methyl/N-ethyl adjacent to an activating group) is 1. The molecule has 334 valence electrons. The van der Waals surface area contributed by atoms with Crippen LogP contribution in [0.3, 0.4) is 0 Å². The van der Waals surface area contributed by atoms with Gasteiger partial charge >= 0.3 is 5.97 Å². The molecule has 2 fully saturated rings. The number of methoxy groups -OCH3 is 3. The van der Waals surface area contributed by atoms with Crippen molar-refractivity contribution in [1.82, 2.24) is 30.2 Å². The van der Waals surface area contributed by atoms with Crippen LogP contribution in [0.15, 0.2) is 35.3 Å². The van der Waals surface area contributed by atoms with Crippen molar-refractivity contribution in [3.8, 4) is 0 Å². The van der Waals surface area contributed by atoms with Crippen LogP contribution in [0.25, 0.3) is 0 Å². The molecule has 17 heteroatoms. The Morgan fingerprint density at radius 2 is 1.64 bits per heavy atom. The van der Waals surface area contributed by atoms with Gasteiger partial charge < -0.3 is 49.3 Å². The summed E-state index contributed by atoms with van der Waals surface area (Å²) >= 11 is 0. The van der Waals surface area contributed by atoms with Crippen molar-refractivity contribution >= 4 is 37.0 Å². The Balaban J connectivity index is 1.84. The number of nitrogens with zero attached hydrogens (tertiary/aromatic N) is 5. The van der Waals surface area contributed by atoms with Gasteiger partial charge in [0.1, 0.15) is 18.0 Å². The summed E-state index contributed by atoms with van der Waals surface area (Å²) in [5, 5.41) is 6.12. The van der Waals surface area contributed by atoms with Gasteiger partial charge in [0.2, 0.25) is 25.1 Å². The number of carbonyl (C=O) groups is 4. The number of aliphatic imine (C=N–C) groups is 1. The van der Waals surface area contributed by atoms with Gasteiger partial charge in [-0.3, -0.25) is 23.7 Å². The molecule has 2 saturated heterocycles. The monoisotopic (exact) mass is 850 g/mol. The number of rotatable bonds is 20.